The number of ether oxygens (including phenoxy) is 1. The van der Waals surface area contributed by atoms with E-state index in [2.05, 4.69) is 47.1 Å². The molecule has 0 N–H and O–H groups in total. The molecule has 1 aliphatic carbocycles. The quantitative estimate of drug-likeness (QED) is 0.766. The monoisotopic (exact) mass is 351 g/mol. The molecule has 1 saturated heterocycles. The number of hydrogen-bond acceptors (Lipinski definition) is 2. The molecule has 1 heterocycles. The molecule has 1 fully saturated rings. The number of fused-ring (bicyclic) bond motifs is 1. The maximum Gasteiger partial charge on any atom is 0.226 e. The Morgan fingerprint density at radius 1 is 1.38 bits per heavy atom. The molecular formula is C17H22BrNO2. The van der Waals surface area contributed by atoms with Gasteiger partial charge in [-0.25, -0.2) is 0 Å². The van der Waals surface area contributed by atoms with Gasteiger partial charge in [0.1, 0.15) is 0 Å². The van der Waals surface area contributed by atoms with Crippen molar-refractivity contribution in [3.05, 3.63) is 35.4 Å². The molecule has 0 aromatic heterocycles. The SMILES string of the molecule is CC1COC(CBr)CN1C(=O)C1CCc2ccccc2C1. The van der Waals surface area contributed by atoms with Crippen molar-refractivity contribution in [1.29, 1.82) is 0 Å². The Balaban J connectivity index is 1.71. The molecule has 1 aromatic carbocycles. The average Bonchev–Trinajstić information content (AvgIpc) is 2.54. The zero-order valence-electron chi connectivity index (χ0n) is 12.4. The lowest BCUT2D eigenvalue weighted by atomic mass is 9.83. The molecule has 1 amide bonds. The van der Waals surface area contributed by atoms with Crippen LogP contribution in [0.3, 0.4) is 0 Å². The minimum absolute atomic E-state index is 0.126. The van der Waals surface area contributed by atoms with E-state index in [1.807, 2.05) is 4.90 Å². The topological polar surface area (TPSA) is 29.5 Å². The van der Waals surface area contributed by atoms with Gasteiger partial charge in [-0.2, -0.15) is 0 Å². The lowest BCUT2D eigenvalue weighted by molar-refractivity contribution is -0.147. The summed E-state index contributed by atoms with van der Waals surface area (Å²) in [6.45, 7) is 3.44. The molecule has 1 aromatic rings. The summed E-state index contributed by atoms with van der Waals surface area (Å²) in [6, 6.07) is 8.70. The summed E-state index contributed by atoms with van der Waals surface area (Å²) in [5.41, 5.74) is 2.76. The van der Waals surface area contributed by atoms with Crippen LogP contribution in [-0.2, 0) is 22.4 Å². The van der Waals surface area contributed by atoms with E-state index >= 15 is 0 Å². The van der Waals surface area contributed by atoms with E-state index in [0.29, 0.717) is 19.1 Å². The Hall–Kier alpha value is -0.870. The molecule has 3 nitrogen and oxygen atoms in total. The Labute approximate surface area is 134 Å². The molecule has 3 rings (SSSR count). The lowest BCUT2D eigenvalue weighted by Gasteiger charge is -2.40. The highest BCUT2D eigenvalue weighted by molar-refractivity contribution is 9.09. The maximum atomic E-state index is 12.9. The minimum atomic E-state index is 0.126. The number of morpholine rings is 1. The Morgan fingerprint density at radius 2 is 2.14 bits per heavy atom. The highest BCUT2D eigenvalue weighted by Gasteiger charge is 2.34. The molecule has 3 atom stereocenters. The molecule has 2 aliphatic rings. The standard InChI is InChI=1S/C17H22BrNO2/c1-12-11-21-16(9-18)10-19(12)17(20)15-7-6-13-4-2-3-5-14(13)8-15/h2-5,12,15-16H,6-11H2,1H3. The number of nitrogens with zero attached hydrogens (tertiary/aromatic N) is 1. The number of amides is 1. The predicted molar refractivity (Wildman–Crippen MR) is 86.7 cm³/mol. The van der Waals surface area contributed by atoms with Crippen LogP contribution in [0.5, 0.6) is 0 Å². The first-order valence-corrected chi connectivity index (χ1v) is 8.86. The second kappa shape index (κ2) is 6.49. The molecule has 0 saturated carbocycles. The van der Waals surface area contributed by atoms with Crippen molar-refractivity contribution < 1.29 is 9.53 Å². The molecule has 1 aliphatic heterocycles. The number of carbonyl (C=O) groups excluding carboxylic acids is 1. The highest BCUT2D eigenvalue weighted by atomic mass is 79.9. The lowest BCUT2D eigenvalue weighted by Crippen LogP contribution is -2.53. The molecule has 0 spiro atoms. The third-order valence-electron chi connectivity index (χ3n) is 4.66. The first-order valence-electron chi connectivity index (χ1n) is 7.74. The van der Waals surface area contributed by atoms with Gasteiger partial charge in [0, 0.05) is 17.8 Å². The number of aryl methyl sites for hydroxylation is 1. The smallest absolute Gasteiger partial charge is 0.226 e. The van der Waals surface area contributed by atoms with Crippen LogP contribution in [0, 0.1) is 5.92 Å². The zero-order valence-corrected chi connectivity index (χ0v) is 14.0. The number of benzene rings is 1. The van der Waals surface area contributed by atoms with Gasteiger partial charge in [-0.05, 0) is 37.3 Å². The zero-order chi connectivity index (χ0) is 14.8. The van der Waals surface area contributed by atoms with E-state index in [-0.39, 0.29) is 18.1 Å². The third kappa shape index (κ3) is 3.16. The predicted octanol–water partition coefficient (Wildman–Crippen LogP) is 2.80. The van der Waals surface area contributed by atoms with Crippen LogP contribution >= 0.6 is 15.9 Å². The van der Waals surface area contributed by atoms with Crippen LogP contribution in [0.4, 0.5) is 0 Å². The molecule has 114 valence electrons. The van der Waals surface area contributed by atoms with Crippen LogP contribution in [0.1, 0.15) is 24.5 Å². The van der Waals surface area contributed by atoms with Gasteiger partial charge >= 0.3 is 0 Å². The van der Waals surface area contributed by atoms with Crippen LogP contribution in [0.25, 0.3) is 0 Å². The fourth-order valence-electron chi connectivity index (χ4n) is 3.36. The van der Waals surface area contributed by atoms with Crippen molar-refractivity contribution in [3.8, 4) is 0 Å². The van der Waals surface area contributed by atoms with E-state index in [1.165, 1.54) is 11.1 Å². The first-order chi connectivity index (χ1) is 10.2. The normalized spacial score (nSPS) is 29.0. The first kappa shape index (κ1) is 15.0. The highest BCUT2D eigenvalue weighted by Crippen LogP contribution is 2.28. The number of carbonyl (C=O) groups is 1. The van der Waals surface area contributed by atoms with E-state index in [9.17, 15) is 4.79 Å². The summed E-state index contributed by atoms with van der Waals surface area (Å²) in [5, 5.41) is 0.789. The minimum Gasteiger partial charge on any atom is -0.373 e. The Bertz CT molecular complexity index is 519. The molecule has 0 radical (unpaired) electrons. The van der Waals surface area contributed by atoms with E-state index in [1.54, 1.807) is 0 Å². The molecular weight excluding hydrogens is 330 g/mol. The molecule has 21 heavy (non-hydrogen) atoms. The van der Waals surface area contributed by atoms with Crippen molar-refractivity contribution in [2.45, 2.75) is 38.3 Å². The van der Waals surface area contributed by atoms with Crippen molar-refractivity contribution in [1.82, 2.24) is 4.90 Å². The summed E-state index contributed by atoms with van der Waals surface area (Å²) >= 11 is 3.46. The van der Waals surface area contributed by atoms with Gasteiger partial charge in [0.25, 0.3) is 0 Å². The maximum absolute atomic E-state index is 12.9. The van der Waals surface area contributed by atoms with Crippen LogP contribution in [0.2, 0.25) is 0 Å². The van der Waals surface area contributed by atoms with Gasteiger partial charge in [0.15, 0.2) is 0 Å². The summed E-state index contributed by atoms with van der Waals surface area (Å²) < 4.78 is 5.72. The third-order valence-corrected chi connectivity index (χ3v) is 5.38. The van der Waals surface area contributed by atoms with Gasteiger partial charge in [0.05, 0.1) is 18.8 Å². The second-order valence-electron chi connectivity index (χ2n) is 6.16. The number of hydrogen-bond donors (Lipinski definition) is 0. The molecule has 3 unspecified atom stereocenters. The van der Waals surface area contributed by atoms with Gasteiger partial charge in [0.2, 0.25) is 5.91 Å². The summed E-state index contributed by atoms with van der Waals surface area (Å²) in [7, 11) is 0. The van der Waals surface area contributed by atoms with Crippen LogP contribution in [0.15, 0.2) is 24.3 Å². The van der Waals surface area contributed by atoms with Gasteiger partial charge in [-0.15, -0.1) is 0 Å². The fraction of sp³-hybridized carbons (Fsp3) is 0.588. The van der Waals surface area contributed by atoms with Gasteiger partial charge < -0.3 is 9.64 Å². The van der Waals surface area contributed by atoms with Crippen molar-refractivity contribution >= 4 is 21.8 Å². The van der Waals surface area contributed by atoms with E-state index in [4.69, 9.17) is 4.74 Å². The summed E-state index contributed by atoms with van der Waals surface area (Å²) in [5.74, 6) is 0.447. The van der Waals surface area contributed by atoms with E-state index < -0.39 is 0 Å². The second-order valence-corrected chi connectivity index (χ2v) is 6.81. The Kier molecular flexibility index (Phi) is 4.65. The van der Waals surface area contributed by atoms with Gasteiger partial charge in [-0.1, -0.05) is 40.2 Å². The van der Waals surface area contributed by atoms with Crippen molar-refractivity contribution in [2.24, 2.45) is 5.92 Å². The number of halogens is 1. The van der Waals surface area contributed by atoms with Gasteiger partial charge in [-0.3, -0.25) is 4.79 Å². The number of alkyl halides is 1. The molecule has 0 bridgehead atoms. The summed E-state index contributed by atoms with van der Waals surface area (Å²) in [6.07, 6.45) is 3.01. The van der Waals surface area contributed by atoms with Crippen LogP contribution < -0.4 is 0 Å². The largest absolute Gasteiger partial charge is 0.373 e. The molecule has 4 heteroatoms. The fourth-order valence-corrected chi connectivity index (χ4v) is 3.75. The van der Waals surface area contributed by atoms with Crippen LogP contribution in [-0.4, -0.2) is 41.4 Å². The van der Waals surface area contributed by atoms with Crippen molar-refractivity contribution in [3.63, 3.8) is 0 Å². The van der Waals surface area contributed by atoms with E-state index in [0.717, 1.165) is 24.6 Å². The van der Waals surface area contributed by atoms with Crippen molar-refractivity contribution in [2.75, 3.05) is 18.5 Å². The summed E-state index contributed by atoms with van der Waals surface area (Å²) in [4.78, 5) is 14.9. The average molecular weight is 352 g/mol. The Morgan fingerprint density at radius 3 is 2.90 bits per heavy atom. The number of rotatable bonds is 2.